The first-order valence-electron chi connectivity index (χ1n) is 7.45. The number of rotatable bonds is 8. The second-order valence-electron chi connectivity index (χ2n) is 6.63. The molecule has 1 rings (SSSR count). The minimum atomic E-state index is -0.661. The largest absolute Gasteiger partial charge is 0.492 e. The van der Waals surface area contributed by atoms with Crippen LogP contribution in [0.25, 0.3) is 10.4 Å². The summed E-state index contributed by atoms with van der Waals surface area (Å²) in [4.78, 5) is 14.8. The molecule has 23 heavy (non-hydrogen) atoms. The molecule has 0 saturated carbocycles. The highest BCUT2D eigenvalue weighted by molar-refractivity contribution is 5.94. The van der Waals surface area contributed by atoms with Crippen molar-refractivity contribution in [2.45, 2.75) is 38.8 Å². The normalized spacial score (nSPS) is 11.5. The highest BCUT2D eigenvalue weighted by Crippen LogP contribution is 2.15. The summed E-state index contributed by atoms with van der Waals surface area (Å²) in [5.74, 6) is 0.493. The Kier molecular flexibility index (Phi) is 6.42. The van der Waals surface area contributed by atoms with Gasteiger partial charge in [0.15, 0.2) is 0 Å². The van der Waals surface area contributed by atoms with Crippen molar-refractivity contribution in [2.24, 2.45) is 5.11 Å². The second kappa shape index (κ2) is 7.85. The van der Waals surface area contributed by atoms with E-state index < -0.39 is 5.54 Å². The van der Waals surface area contributed by atoms with Crippen molar-refractivity contribution >= 4 is 5.91 Å². The molecule has 1 aromatic rings. The standard InChI is InChI=1S/C16H25N5O2/c1-15(2,20-21-17)10-19-14(22)12-6-8-13(9-7-12)23-11-16(3,4)18-5/h6-9,18H,10-11H2,1-5H3,(H,19,22). The molecule has 0 aliphatic rings. The summed E-state index contributed by atoms with van der Waals surface area (Å²) in [6.45, 7) is 8.39. The number of hydrogen-bond donors (Lipinski definition) is 2. The van der Waals surface area contributed by atoms with Gasteiger partial charge in [-0.2, -0.15) is 0 Å². The van der Waals surface area contributed by atoms with E-state index >= 15 is 0 Å². The zero-order valence-corrected chi connectivity index (χ0v) is 14.4. The number of carbonyl (C=O) groups is 1. The number of ether oxygens (including phenoxy) is 1. The van der Waals surface area contributed by atoms with Crippen LogP contribution in [0, 0.1) is 0 Å². The van der Waals surface area contributed by atoms with Crippen LogP contribution in [-0.2, 0) is 0 Å². The van der Waals surface area contributed by atoms with E-state index in [0.29, 0.717) is 17.9 Å². The van der Waals surface area contributed by atoms with Crippen LogP contribution in [0.1, 0.15) is 38.1 Å². The SMILES string of the molecule is CNC(C)(C)COc1ccc(C(=O)NCC(C)(C)N=[N+]=[N-])cc1. The van der Waals surface area contributed by atoms with Crippen molar-refractivity contribution < 1.29 is 9.53 Å². The number of likely N-dealkylation sites (N-methyl/N-ethyl adjacent to an activating group) is 1. The maximum Gasteiger partial charge on any atom is 0.251 e. The summed E-state index contributed by atoms with van der Waals surface area (Å²) < 4.78 is 5.69. The molecule has 1 aromatic carbocycles. The van der Waals surface area contributed by atoms with E-state index in [1.54, 1.807) is 38.1 Å². The van der Waals surface area contributed by atoms with Gasteiger partial charge in [0.05, 0.1) is 5.54 Å². The van der Waals surface area contributed by atoms with Gasteiger partial charge in [0.1, 0.15) is 12.4 Å². The minimum Gasteiger partial charge on any atom is -0.492 e. The molecule has 126 valence electrons. The van der Waals surface area contributed by atoms with E-state index in [0.717, 1.165) is 0 Å². The van der Waals surface area contributed by atoms with E-state index in [1.807, 2.05) is 20.9 Å². The lowest BCUT2D eigenvalue weighted by molar-refractivity contribution is 0.0946. The Labute approximate surface area is 137 Å². The van der Waals surface area contributed by atoms with Gasteiger partial charge < -0.3 is 15.4 Å². The predicted molar refractivity (Wildman–Crippen MR) is 90.6 cm³/mol. The lowest BCUT2D eigenvalue weighted by atomic mass is 10.1. The van der Waals surface area contributed by atoms with Crippen LogP contribution < -0.4 is 15.4 Å². The fourth-order valence-corrected chi connectivity index (χ4v) is 1.59. The molecule has 0 aliphatic heterocycles. The molecule has 2 N–H and O–H groups in total. The maximum absolute atomic E-state index is 12.1. The number of nitrogens with one attached hydrogen (secondary N) is 2. The van der Waals surface area contributed by atoms with Crippen molar-refractivity contribution in [1.29, 1.82) is 0 Å². The molecule has 0 heterocycles. The van der Waals surface area contributed by atoms with E-state index in [2.05, 4.69) is 20.7 Å². The molecule has 7 heteroatoms. The van der Waals surface area contributed by atoms with Gasteiger partial charge in [-0.05, 0) is 50.7 Å². The molecular weight excluding hydrogens is 294 g/mol. The Morgan fingerprint density at radius 2 is 1.87 bits per heavy atom. The van der Waals surface area contributed by atoms with Gasteiger partial charge >= 0.3 is 0 Å². The number of carbonyl (C=O) groups excluding carboxylic acids is 1. The van der Waals surface area contributed by atoms with Gasteiger partial charge in [-0.1, -0.05) is 19.0 Å². The van der Waals surface area contributed by atoms with Crippen LogP contribution in [-0.4, -0.2) is 37.2 Å². The summed E-state index contributed by atoms with van der Waals surface area (Å²) in [6.07, 6.45) is 0. The van der Waals surface area contributed by atoms with Crippen LogP contribution in [0.2, 0.25) is 0 Å². The monoisotopic (exact) mass is 319 g/mol. The number of benzene rings is 1. The smallest absolute Gasteiger partial charge is 0.251 e. The van der Waals surface area contributed by atoms with Crippen molar-refractivity contribution in [1.82, 2.24) is 10.6 Å². The third-order valence-corrected chi connectivity index (χ3v) is 3.39. The van der Waals surface area contributed by atoms with Crippen LogP contribution in [0.15, 0.2) is 29.4 Å². The molecular formula is C16H25N5O2. The number of hydrogen-bond acceptors (Lipinski definition) is 4. The Hall–Kier alpha value is -2.24. The zero-order valence-electron chi connectivity index (χ0n) is 14.4. The molecule has 0 aliphatic carbocycles. The quantitative estimate of drug-likeness (QED) is 0.438. The molecule has 0 unspecified atom stereocenters. The lowest BCUT2D eigenvalue weighted by Gasteiger charge is -2.24. The van der Waals surface area contributed by atoms with E-state index in [1.165, 1.54) is 0 Å². The van der Waals surface area contributed by atoms with E-state index in [4.69, 9.17) is 10.3 Å². The highest BCUT2D eigenvalue weighted by Gasteiger charge is 2.18. The van der Waals surface area contributed by atoms with Crippen molar-refractivity contribution in [3.63, 3.8) is 0 Å². The van der Waals surface area contributed by atoms with Crippen LogP contribution in [0.4, 0.5) is 0 Å². The molecule has 0 atom stereocenters. The van der Waals surface area contributed by atoms with E-state index in [9.17, 15) is 4.79 Å². The maximum atomic E-state index is 12.1. The number of azide groups is 1. The average molecular weight is 319 g/mol. The number of amides is 1. The fraction of sp³-hybridized carbons (Fsp3) is 0.562. The summed E-state index contributed by atoms with van der Waals surface area (Å²) in [5.41, 5.74) is 8.21. The van der Waals surface area contributed by atoms with Gasteiger partial charge in [-0.3, -0.25) is 4.79 Å². The van der Waals surface area contributed by atoms with Gasteiger partial charge in [0, 0.05) is 22.6 Å². The topological polar surface area (TPSA) is 99.1 Å². The first-order chi connectivity index (χ1) is 10.7. The Morgan fingerprint density at radius 1 is 1.26 bits per heavy atom. The molecule has 0 aromatic heterocycles. The molecule has 7 nitrogen and oxygen atoms in total. The third kappa shape index (κ3) is 6.59. The van der Waals surface area contributed by atoms with Crippen molar-refractivity contribution in [2.75, 3.05) is 20.2 Å². The average Bonchev–Trinajstić information content (AvgIpc) is 2.51. The van der Waals surface area contributed by atoms with Gasteiger partial charge in [-0.15, -0.1) is 0 Å². The Balaban J connectivity index is 2.59. The lowest BCUT2D eigenvalue weighted by Crippen LogP contribution is -2.42. The summed E-state index contributed by atoms with van der Waals surface area (Å²) in [5, 5.41) is 9.54. The molecule has 0 spiro atoms. The van der Waals surface area contributed by atoms with Gasteiger partial charge in [-0.25, -0.2) is 0 Å². The van der Waals surface area contributed by atoms with Crippen LogP contribution >= 0.6 is 0 Å². The van der Waals surface area contributed by atoms with Crippen molar-refractivity contribution in [3.05, 3.63) is 40.3 Å². The predicted octanol–water partition coefficient (Wildman–Crippen LogP) is 2.88. The zero-order chi connectivity index (χ0) is 17.5. The fourth-order valence-electron chi connectivity index (χ4n) is 1.59. The van der Waals surface area contributed by atoms with E-state index in [-0.39, 0.29) is 18.0 Å². The molecule has 0 radical (unpaired) electrons. The molecule has 0 saturated heterocycles. The van der Waals surface area contributed by atoms with Gasteiger partial charge in [0.25, 0.3) is 5.91 Å². The molecule has 0 bridgehead atoms. The Morgan fingerprint density at radius 3 is 2.39 bits per heavy atom. The van der Waals surface area contributed by atoms with Crippen LogP contribution in [0.5, 0.6) is 5.75 Å². The third-order valence-electron chi connectivity index (χ3n) is 3.39. The molecule has 1 amide bonds. The van der Waals surface area contributed by atoms with Crippen LogP contribution in [0.3, 0.4) is 0 Å². The summed E-state index contributed by atoms with van der Waals surface area (Å²) in [7, 11) is 1.88. The highest BCUT2D eigenvalue weighted by atomic mass is 16.5. The first kappa shape index (κ1) is 18.8. The summed E-state index contributed by atoms with van der Waals surface area (Å²) in [6, 6.07) is 6.94. The van der Waals surface area contributed by atoms with Gasteiger partial charge in [0.2, 0.25) is 0 Å². The first-order valence-corrected chi connectivity index (χ1v) is 7.45. The van der Waals surface area contributed by atoms with Crippen molar-refractivity contribution in [3.8, 4) is 5.75 Å². The summed E-state index contributed by atoms with van der Waals surface area (Å²) >= 11 is 0. The molecule has 0 fully saturated rings. The Bertz CT molecular complexity index is 575. The second-order valence-corrected chi connectivity index (χ2v) is 6.63. The minimum absolute atomic E-state index is 0.122. The number of nitrogens with zero attached hydrogens (tertiary/aromatic N) is 3.